The van der Waals surface area contributed by atoms with Gasteiger partial charge < -0.3 is 4.74 Å². The lowest BCUT2D eigenvalue weighted by Crippen LogP contribution is -1.95. The molecule has 1 nitrogen and oxygen atoms in total. The molecule has 0 bridgehead atoms. The minimum atomic E-state index is 0.936. The Labute approximate surface area is 127 Å². The lowest BCUT2D eigenvalue weighted by atomic mass is 10.1. The van der Waals surface area contributed by atoms with E-state index >= 15 is 0 Å². The molecule has 0 heterocycles. The van der Waals surface area contributed by atoms with Crippen molar-refractivity contribution < 1.29 is 4.74 Å². The van der Waals surface area contributed by atoms with Crippen molar-refractivity contribution in [3.63, 3.8) is 0 Å². The van der Waals surface area contributed by atoms with Crippen molar-refractivity contribution >= 4 is 0 Å². The first-order chi connectivity index (χ1) is 10.3. The highest BCUT2D eigenvalue weighted by atomic mass is 16.5. The summed E-state index contributed by atoms with van der Waals surface area (Å²) in [5, 5.41) is 0. The van der Waals surface area contributed by atoms with Gasteiger partial charge in [0.2, 0.25) is 0 Å². The van der Waals surface area contributed by atoms with Crippen LogP contribution in [0.3, 0.4) is 0 Å². The molecule has 0 unspecified atom stereocenters. The van der Waals surface area contributed by atoms with Gasteiger partial charge >= 0.3 is 0 Å². The zero-order valence-electron chi connectivity index (χ0n) is 12.4. The van der Waals surface area contributed by atoms with Crippen molar-refractivity contribution in [1.82, 2.24) is 0 Å². The lowest BCUT2D eigenvalue weighted by molar-refractivity contribution is 0.470. The highest BCUT2D eigenvalue weighted by Crippen LogP contribution is 2.29. The van der Waals surface area contributed by atoms with E-state index < -0.39 is 0 Å². The molecule has 21 heavy (non-hydrogen) atoms. The second-order valence-electron chi connectivity index (χ2n) is 4.97. The van der Waals surface area contributed by atoms with Crippen LogP contribution in [0.5, 0.6) is 11.5 Å². The summed E-state index contributed by atoms with van der Waals surface area (Å²) < 4.78 is 6.17. The summed E-state index contributed by atoms with van der Waals surface area (Å²) in [6.45, 7) is 7.57. The quantitative estimate of drug-likeness (QED) is 0.561. The third kappa shape index (κ3) is 4.35. The van der Waals surface area contributed by atoms with Gasteiger partial charge in [0.1, 0.15) is 11.5 Å². The second kappa shape index (κ2) is 8.11. The molecule has 0 saturated heterocycles. The number of ether oxygens (including phenoxy) is 1. The molecular formula is C20H22O. The predicted octanol–water partition coefficient (Wildman–Crippen LogP) is 5.72. The Morgan fingerprint density at radius 2 is 1.14 bits per heavy atom. The maximum atomic E-state index is 6.17. The summed E-state index contributed by atoms with van der Waals surface area (Å²) in [7, 11) is 0. The van der Waals surface area contributed by atoms with E-state index in [0.717, 1.165) is 37.2 Å². The van der Waals surface area contributed by atoms with E-state index in [4.69, 9.17) is 4.74 Å². The zero-order chi connectivity index (χ0) is 14.9. The van der Waals surface area contributed by atoms with Crippen LogP contribution in [0.25, 0.3) is 0 Å². The molecule has 0 saturated carbocycles. The highest BCUT2D eigenvalue weighted by Gasteiger charge is 2.07. The Morgan fingerprint density at radius 3 is 1.57 bits per heavy atom. The fourth-order valence-corrected chi connectivity index (χ4v) is 2.25. The fourth-order valence-electron chi connectivity index (χ4n) is 2.25. The molecule has 0 fully saturated rings. The van der Waals surface area contributed by atoms with Gasteiger partial charge in [-0.05, 0) is 48.9 Å². The number of allylic oxidation sites excluding steroid dienone is 2. The number of aryl methyl sites for hydroxylation is 2. The molecule has 2 aromatic carbocycles. The van der Waals surface area contributed by atoms with Crippen LogP contribution in [0.2, 0.25) is 0 Å². The number of para-hydroxylation sites is 2. The van der Waals surface area contributed by atoms with E-state index in [1.54, 1.807) is 0 Å². The van der Waals surface area contributed by atoms with Crippen LogP contribution in [0, 0.1) is 0 Å². The van der Waals surface area contributed by atoms with E-state index in [2.05, 4.69) is 37.4 Å². The van der Waals surface area contributed by atoms with E-state index in [9.17, 15) is 0 Å². The summed E-state index contributed by atoms with van der Waals surface area (Å²) in [4.78, 5) is 0. The summed E-state index contributed by atoms with van der Waals surface area (Å²) in [6, 6.07) is 16.4. The molecule has 0 N–H and O–H groups in total. The molecule has 0 radical (unpaired) electrons. The van der Waals surface area contributed by atoms with Gasteiger partial charge in [0.25, 0.3) is 0 Å². The average Bonchev–Trinajstić information content (AvgIpc) is 2.53. The van der Waals surface area contributed by atoms with Crippen molar-refractivity contribution in [2.24, 2.45) is 0 Å². The van der Waals surface area contributed by atoms with E-state index in [1.807, 2.05) is 36.4 Å². The summed E-state index contributed by atoms with van der Waals surface area (Å²) in [6.07, 6.45) is 7.70. The number of hydrogen-bond donors (Lipinski definition) is 0. The molecule has 0 aliphatic carbocycles. The van der Waals surface area contributed by atoms with Gasteiger partial charge in [0.05, 0.1) is 0 Å². The van der Waals surface area contributed by atoms with Crippen LogP contribution < -0.4 is 4.74 Å². The van der Waals surface area contributed by atoms with Crippen LogP contribution in [-0.2, 0) is 12.8 Å². The van der Waals surface area contributed by atoms with Crippen LogP contribution >= 0.6 is 0 Å². The monoisotopic (exact) mass is 278 g/mol. The molecule has 0 aliphatic rings. The van der Waals surface area contributed by atoms with E-state index in [1.165, 1.54) is 11.1 Å². The lowest BCUT2D eigenvalue weighted by Gasteiger charge is -2.13. The van der Waals surface area contributed by atoms with Crippen LogP contribution in [0.15, 0.2) is 73.8 Å². The number of rotatable bonds is 8. The van der Waals surface area contributed by atoms with Gasteiger partial charge in [-0.2, -0.15) is 0 Å². The Bertz CT molecular complexity index is 545. The molecule has 0 amide bonds. The molecule has 0 aliphatic heterocycles. The summed E-state index contributed by atoms with van der Waals surface area (Å²) in [5.74, 6) is 1.87. The molecule has 2 aromatic rings. The van der Waals surface area contributed by atoms with Gasteiger partial charge in [-0.25, -0.2) is 0 Å². The average molecular weight is 278 g/mol. The van der Waals surface area contributed by atoms with Crippen LogP contribution in [0.1, 0.15) is 24.0 Å². The zero-order valence-corrected chi connectivity index (χ0v) is 12.4. The largest absolute Gasteiger partial charge is 0.457 e. The first kappa shape index (κ1) is 15.1. The third-order valence-electron chi connectivity index (χ3n) is 3.40. The van der Waals surface area contributed by atoms with Crippen molar-refractivity contribution in [2.75, 3.05) is 0 Å². The first-order valence-corrected chi connectivity index (χ1v) is 7.40. The smallest absolute Gasteiger partial charge is 0.130 e. The second-order valence-corrected chi connectivity index (χ2v) is 4.97. The molecule has 0 aromatic heterocycles. The molecule has 108 valence electrons. The molecular weight excluding hydrogens is 256 g/mol. The molecule has 0 atom stereocenters. The Balaban J connectivity index is 2.21. The van der Waals surface area contributed by atoms with Gasteiger partial charge in [0.15, 0.2) is 0 Å². The van der Waals surface area contributed by atoms with Crippen molar-refractivity contribution in [1.29, 1.82) is 0 Å². The van der Waals surface area contributed by atoms with Crippen LogP contribution in [0.4, 0.5) is 0 Å². The molecule has 0 spiro atoms. The third-order valence-corrected chi connectivity index (χ3v) is 3.40. The van der Waals surface area contributed by atoms with Gasteiger partial charge in [-0.1, -0.05) is 48.6 Å². The Morgan fingerprint density at radius 1 is 0.714 bits per heavy atom. The molecule has 1 heteroatoms. The van der Waals surface area contributed by atoms with E-state index in [0.29, 0.717) is 0 Å². The van der Waals surface area contributed by atoms with E-state index in [-0.39, 0.29) is 0 Å². The van der Waals surface area contributed by atoms with Gasteiger partial charge in [-0.3, -0.25) is 0 Å². The number of benzene rings is 2. The molecule has 2 rings (SSSR count). The first-order valence-electron chi connectivity index (χ1n) is 7.40. The minimum absolute atomic E-state index is 0.936. The summed E-state index contributed by atoms with van der Waals surface area (Å²) >= 11 is 0. The van der Waals surface area contributed by atoms with Crippen molar-refractivity contribution in [3.05, 3.63) is 85.0 Å². The SMILES string of the molecule is C=CCCc1ccccc1Oc1ccccc1CCC=C. The fraction of sp³-hybridized carbons (Fsp3) is 0.200. The van der Waals surface area contributed by atoms with Crippen molar-refractivity contribution in [3.8, 4) is 11.5 Å². The topological polar surface area (TPSA) is 9.23 Å². The van der Waals surface area contributed by atoms with Crippen LogP contribution in [-0.4, -0.2) is 0 Å². The number of hydrogen-bond acceptors (Lipinski definition) is 1. The highest BCUT2D eigenvalue weighted by molar-refractivity contribution is 5.41. The van der Waals surface area contributed by atoms with Gasteiger partial charge in [0, 0.05) is 0 Å². The summed E-state index contributed by atoms with van der Waals surface area (Å²) in [5.41, 5.74) is 2.44. The normalized spacial score (nSPS) is 10.1. The standard InChI is InChI=1S/C20H22O/c1-3-5-11-17-13-7-9-15-19(17)21-20-16-10-8-14-18(20)12-6-4-2/h3-4,7-10,13-16H,1-2,5-6,11-12H2. The Kier molecular flexibility index (Phi) is 5.83. The Hall–Kier alpha value is -2.28. The van der Waals surface area contributed by atoms with Crippen molar-refractivity contribution in [2.45, 2.75) is 25.7 Å². The van der Waals surface area contributed by atoms with Gasteiger partial charge in [-0.15, -0.1) is 13.2 Å². The minimum Gasteiger partial charge on any atom is -0.457 e. The maximum absolute atomic E-state index is 6.17. The predicted molar refractivity (Wildman–Crippen MR) is 90.0 cm³/mol. The maximum Gasteiger partial charge on any atom is 0.130 e.